The molecule has 3 nitrogen and oxygen atoms in total. The minimum Gasteiger partial charge on any atom is -0.423 e. The highest BCUT2D eigenvalue weighted by Crippen LogP contribution is 2.30. The van der Waals surface area contributed by atoms with Crippen LogP contribution in [0.3, 0.4) is 0 Å². The maximum Gasteiger partial charge on any atom is 0.492 e. The predicted molar refractivity (Wildman–Crippen MR) is 58.2 cm³/mol. The highest BCUT2D eigenvalue weighted by molar-refractivity contribution is 6.62. The third kappa shape index (κ3) is 1.60. The van der Waals surface area contributed by atoms with E-state index in [4.69, 9.17) is 4.65 Å². The van der Waals surface area contributed by atoms with Gasteiger partial charge < -0.3 is 9.68 Å². The molecule has 0 saturated carbocycles. The van der Waals surface area contributed by atoms with Crippen molar-refractivity contribution in [2.75, 3.05) is 0 Å². The van der Waals surface area contributed by atoms with E-state index in [-0.39, 0.29) is 5.78 Å². The molecule has 0 spiro atoms. The smallest absolute Gasteiger partial charge is 0.423 e. The molecular formula is C11H13BO3. The molecular weight excluding hydrogens is 191 g/mol. The van der Waals surface area contributed by atoms with Gasteiger partial charge in [0, 0.05) is 5.56 Å². The van der Waals surface area contributed by atoms with Crippen molar-refractivity contribution in [2.45, 2.75) is 26.4 Å². The summed E-state index contributed by atoms with van der Waals surface area (Å²) >= 11 is 0. The Hall–Kier alpha value is -1.13. The molecule has 0 aromatic heterocycles. The van der Waals surface area contributed by atoms with Gasteiger partial charge in [0.05, 0.1) is 5.60 Å². The number of hydrogen-bond acceptors (Lipinski definition) is 3. The van der Waals surface area contributed by atoms with Crippen LogP contribution in [0.25, 0.3) is 0 Å². The van der Waals surface area contributed by atoms with E-state index in [9.17, 15) is 9.82 Å². The Kier molecular flexibility index (Phi) is 2.21. The summed E-state index contributed by atoms with van der Waals surface area (Å²) in [5.41, 5.74) is 1.77. The molecule has 0 fully saturated rings. The van der Waals surface area contributed by atoms with Crippen molar-refractivity contribution in [1.82, 2.24) is 0 Å². The number of benzene rings is 1. The van der Waals surface area contributed by atoms with Crippen LogP contribution in [-0.4, -0.2) is 17.9 Å². The third-order valence-electron chi connectivity index (χ3n) is 2.78. The van der Waals surface area contributed by atoms with E-state index >= 15 is 0 Å². The van der Waals surface area contributed by atoms with Crippen LogP contribution in [0.4, 0.5) is 0 Å². The number of fused-ring (bicyclic) bond motifs is 1. The fourth-order valence-corrected chi connectivity index (χ4v) is 1.92. The lowest BCUT2D eigenvalue weighted by atomic mass is 9.77. The van der Waals surface area contributed by atoms with E-state index in [0.717, 1.165) is 11.0 Å². The van der Waals surface area contributed by atoms with Gasteiger partial charge in [-0.05, 0) is 37.9 Å². The zero-order valence-corrected chi connectivity index (χ0v) is 9.07. The zero-order chi connectivity index (χ0) is 11.2. The number of Topliss-reactive ketones (excluding diaryl/α,β-unsaturated/α-hetero) is 1. The molecule has 0 saturated heterocycles. The Labute approximate surface area is 89.2 Å². The van der Waals surface area contributed by atoms with Crippen molar-refractivity contribution < 1.29 is 14.5 Å². The number of carbonyl (C=O) groups is 1. The molecule has 0 atom stereocenters. The summed E-state index contributed by atoms with van der Waals surface area (Å²) in [6.07, 6.45) is 0. The van der Waals surface area contributed by atoms with Gasteiger partial charge in [0.2, 0.25) is 0 Å². The first kappa shape index (κ1) is 10.4. The Morgan fingerprint density at radius 2 is 2.13 bits per heavy atom. The van der Waals surface area contributed by atoms with Gasteiger partial charge in [0.1, 0.15) is 0 Å². The summed E-state index contributed by atoms with van der Waals surface area (Å²) in [5, 5.41) is 9.64. The van der Waals surface area contributed by atoms with Gasteiger partial charge in [-0.15, -0.1) is 0 Å². The summed E-state index contributed by atoms with van der Waals surface area (Å²) in [5.74, 6) is 0.0231. The Bertz CT molecular complexity index is 426. The molecule has 1 heterocycles. The second-order valence-electron chi connectivity index (χ2n) is 4.34. The molecule has 1 aliphatic rings. The molecule has 15 heavy (non-hydrogen) atoms. The molecule has 78 valence electrons. The van der Waals surface area contributed by atoms with Crippen molar-refractivity contribution in [2.24, 2.45) is 0 Å². The first-order valence-electron chi connectivity index (χ1n) is 4.93. The van der Waals surface area contributed by atoms with Crippen LogP contribution in [0.5, 0.6) is 0 Å². The number of ketones is 1. The molecule has 1 N–H and O–H groups in total. The number of rotatable bonds is 1. The standard InChI is InChI=1S/C11H13BO3/c1-7(13)8-4-5-10-9(6-8)11(2,3)15-12(10)14/h4-6,14H,1-3H3. The second kappa shape index (κ2) is 3.19. The predicted octanol–water partition coefficient (Wildman–Crippen LogP) is 0.842. The highest BCUT2D eigenvalue weighted by atomic mass is 16.5. The lowest BCUT2D eigenvalue weighted by molar-refractivity contribution is 0.0999. The van der Waals surface area contributed by atoms with Gasteiger partial charge >= 0.3 is 7.12 Å². The van der Waals surface area contributed by atoms with Gasteiger partial charge in [-0.1, -0.05) is 12.1 Å². The van der Waals surface area contributed by atoms with Gasteiger partial charge in [-0.2, -0.15) is 0 Å². The minimum absolute atomic E-state index is 0.0231. The topological polar surface area (TPSA) is 46.5 Å². The third-order valence-corrected chi connectivity index (χ3v) is 2.78. The summed E-state index contributed by atoms with van der Waals surface area (Å²) < 4.78 is 5.40. The van der Waals surface area contributed by atoms with Gasteiger partial charge in [-0.3, -0.25) is 4.79 Å². The van der Waals surface area contributed by atoms with Crippen molar-refractivity contribution in [3.8, 4) is 0 Å². The van der Waals surface area contributed by atoms with Gasteiger partial charge in [0.15, 0.2) is 5.78 Å². The fraction of sp³-hybridized carbons (Fsp3) is 0.364. The molecule has 0 radical (unpaired) electrons. The van der Waals surface area contributed by atoms with Gasteiger partial charge in [0.25, 0.3) is 0 Å². The van der Waals surface area contributed by atoms with Crippen LogP contribution in [-0.2, 0) is 10.3 Å². The van der Waals surface area contributed by atoms with Crippen LogP contribution in [0.2, 0.25) is 0 Å². The average Bonchev–Trinajstić information content (AvgIpc) is 2.37. The number of carbonyl (C=O) groups excluding carboxylic acids is 1. The second-order valence-corrected chi connectivity index (χ2v) is 4.34. The first-order valence-corrected chi connectivity index (χ1v) is 4.93. The quantitative estimate of drug-likeness (QED) is 0.544. The van der Waals surface area contributed by atoms with E-state index in [1.807, 2.05) is 13.8 Å². The Balaban J connectivity index is 2.57. The van der Waals surface area contributed by atoms with E-state index in [1.54, 1.807) is 18.2 Å². The molecule has 1 aromatic rings. The van der Waals surface area contributed by atoms with E-state index in [1.165, 1.54) is 6.92 Å². The fourth-order valence-electron chi connectivity index (χ4n) is 1.92. The summed E-state index contributed by atoms with van der Waals surface area (Å²) in [7, 11) is -0.879. The monoisotopic (exact) mass is 204 g/mol. The van der Waals surface area contributed by atoms with E-state index in [0.29, 0.717) is 5.56 Å². The Morgan fingerprint density at radius 1 is 1.47 bits per heavy atom. The SMILES string of the molecule is CC(=O)c1ccc2c(c1)C(C)(C)OB2O. The number of hydrogen-bond donors (Lipinski definition) is 1. The normalized spacial score (nSPS) is 17.7. The molecule has 0 amide bonds. The van der Waals surface area contributed by atoms with Crippen molar-refractivity contribution in [3.05, 3.63) is 29.3 Å². The lowest BCUT2D eigenvalue weighted by Crippen LogP contribution is -2.28. The molecule has 4 heteroatoms. The maximum atomic E-state index is 11.2. The molecule has 1 aliphatic heterocycles. The van der Waals surface area contributed by atoms with Crippen molar-refractivity contribution in [3.63, 3.8) is 0 Å². The maximum absolute atomic E-state index is 11.2. The van der Waals surface area contributed by atoms with Crippen LogP contribution in [0.15, 0.2) is 18.2 Å². The van der Waals surface area contributed by atoms with E-state index < -0.39 is 12.7 Å². The molecule has 0 aliphatic carbocycles. The van der Waals surface area contributed by atoms with Crippen molar-refractivity contribution in [1.29, 1.82) is 0 Å². The molecule has 0 bridgehead atoms. The highest BCUT2D eigenvalue weighted by Gasteiger charge is 2.40. The average molecular weight is 204 g/mol. The molecule has 2 rings (SSSR count). The Morgan fingerprint density at radius 3 is 2.73 bits per heavy atom. The lowest BCUT2D eigenvalue weighted by Gasteiger charge is -2.19. The summed E-state index contributed by atoms with van der Waals surface area (Å²) in [6, 6.07) is 5.27. The van der Waals surface area contributed by atoms with Crippen molar-refractivity contribution >= 4 is 18.4 Å². The zero-order valence-electron chi connectivity index (χ0n) is 9.07. The molecule has 1 aromatic carbocycles. The molecule has 0 unspecified atom stereocenters. The van der Waals surface area contributed by atoms with E-state index in [2.05, 4.69) is 0 Å². The van der Waals surface area contributed by atoms with Crippen LogP contribution < -0.4 is 5.46 Å². The van der Waals surface area contributed by atoms with Crippen LogP contribution in [0, 0.1) is 0 Å². The van der Waals surface area contributed by atoms with Crippen LogP contribution >= 0.6 is 0 Å². The first-order chi connectivity index (χ1) is 6.92. The minimum atomic E-state index is -0.879. The largest absolute Gasteiger partial charge is 0.492 e. The summed E-state index contributed by atoms with van der Waals surface area (Å²) in [6.45, 7) is 5.29. The summed E-state index contributed by atoms with van der Waals surface area (Å²) in [4.78, 5) is 11.2. The van der Waals surface area contributed by atoms with Crippen LogP contribution in [0.1, 0.15) is 36.7 Å². The van der Waals surface area contributed by atoms with Gasteiger partial charge in [-0.25, -0.2) is 0 Å².